The highest BCUT2D eigenvalue weighted by Gasteiger charge is 2.47. The summed E-state index contributed by atoms with van der Waals surface area (Å²) in [5, 5.41) is 3.42. The maximum atomic E-state index is 7.27. The Labute approximate surface area is 635 Å². The molecule has 6 heterocycles. The van der Waals surface area contributed by atoms with Gasteiger partial charge >= 0.3 is 0 Å². The molecule has 0 N–H and O–H groups in total. The third-order valence-corrected chi connectivity index (χ3v) is 21.6. The third kappa shape index (κ3) is 10.5. The number of benzene rings is 15. The van der Waals surface area contributed by atoms with Crippen molar-refractivity contribution in [3.63, 3.8) is 0 Å². The fourth-order valence-electron chi connectivity index (χ4n) is 16.5. The molecule has 0 amide bonds. The van der Waals surface area contributed by atoms with Crippen LogP contribution in [0.3, 0.4) is 0 Å². The van der Waals surface area contributed by atoms with Crippen LogP contribution in [0.15, 0.2) is 370 Å². The summed E-state index contributed by atoms with van der Waals surface area (Å²) < 4.78 is 26.7. The van der Waals surface area contributed by atoms with Crippen LogP contribution in [-0.4, -0.2) is 39.9 Å². The monoisotopic (exact) mass is 1420 g/mol. The lowest BCUT2D eigenvalue weighted by Gasteiger charge is -2.34. The van der Waals surface area contributed by atoms with Crippen LogP contribution in [0.5, 0.6) is 0 Å². The zero-order valence-corrected chi connectivity index (χ0v) is 59.2. The van der Waals surface area contributed by atoms with E-state index in [2.05, 4.69) is 194 Å². The first-order valence-electron chi connectivity index (χ1n) is 36.9. The van der Waals surface area contributed by atoms with Gasteiger partial charge in [0.15, 0.2) is 46.1 Å². The Morgan fingerprint density at radius 2 is 0.622 bits per heavy atom. The standard InChI is InChI=1S/C99H58N8O4/c1-6-24-59(25-7-1)66-54-67(60-26-8-2-9-27-60)56-68(55-66)93-102-91(62-28-10-3-11-29-62)103-96(106-93)75-51-50-71(90-89(75)77-58-65(47-53-83(77)109-90)98-101-81-40-19-21-42-85(81)111-98)61-44-48-70(49-45-61)99(69-32-14-5-15-33-69)78-37-17-16-34-72(78)87-73(35-22-38-79(87)99)94-104-92(63-30-12-4-13-31-63)105-95(107-94)74-36-23-43-86-88(74)76-57-64(46-52-82(76)108-86)97-100-80-39-18-20-41-84(80)110-97/h1-58H. The fraction of sp³-hybridized carbons (Fsp3) is 0.0101. The number of hydrogen-bond donors (Lipinski definition) is 0. The van der Waals surface area contributed by atoms with Gasteiger partial charge in [-0.2, -0.15) is 0 Å². The molecule has 12 heteroatoms. The van der Waals surface area contributed by atoms with Crippen molar-refractivity contribution in [1.82, 2.24) is 39.9 Å². The molecule has 1 atom stereocenters. The molecule has 111 heavy (non-hydrogen) atoms. The van der Waals surface area contributed by atoms with E-state index in [0.29, 0.717) is 74.6 Å². The minimum atomic E-state index is -0.831. The summed E-state index contributed by atoms with van der Waals surface area (Å²) in [6, 6.07) is 121. The topological polar surface area (TPSA) is 156 Å². The number of oxazole rings is 2. The highest BCUT2D eigenvalue weighted by Crippen LogP contribution is 2.59. The van der Waals surface area contributed by atoms with Crippen molar-refractivity contribution in [2.45, 2.75) is 5.41 Å². The molecule has 1 aliphatic rings. The molecule has 6 aromatic heterocycles. The van der Waals surface area contributed by atoms with Gasteiger partial charge in [-0.25, -0.2) is 39.9 Å². The van der Waals surface area contributed by atoms with Crippen LogP contribution in [0.25, 0.3) is 202 Å². The summed E-state index contributed by atoms with van der Waals surface area (Å²) in [6.07, 6.45) is 0. The maximum Gasteiger partial charge on any atom is 0.227 e. The minimum absolute atomic E-state index is 0.482. The second-order valence-corrected chi connectivity index (χ2v) is 28.0. The molecule has 21 aromatic rings. The average molecular weight is 1420 g/mol. The lowest BCUT2D eigenvalue weighted by molar-refractivity contribution is 0.619. The molecular formula is C99H58N8O4. The fourth-order valence-corrected chi connectivity index (χ4v) is 16.5. The van der Waals surface area contributed by atoms with Crippen molar-refractivity contribution in [2.75, 3.05) is 0 Å². The Bertz CT molecular complexity index is 7140. The Morgan fingerprint density at radius 1 is 0.207 bits per heavy atom. The first-order chi connectivity index (χ1) is 54.9. The molecule has 0 aliphatic heterocycles. The molecule has 0 spiro atoms. The first kappa shape index (κ1) is 63.2. The molecule has 12 nitrogen and oxygen atoms in total. The van der Waals surface area contributed by atoms with Gasteiger partial charge in [-0.3, -0.25) is 0 Å². The largest absolute Gasteiger partial charge is 0.456 e. The van der Waals surface area contributed by atoms with Gasteiger partial charge in [0.05, 0.1) is 5.41 Å². The summed E-state index contributed by atoms with van der Waals surface area (Å²) in [6.45, 7) is 0. The van der Waals surface area contributed by atoms with Crippen LogP contribution < -0.4 is 0 Å². The van der Waals surface area contributed by atoms with Gasteiger partial charge in [-0.1, -0.05) is 255 Å². The summed E-state index contributed by atoms with van der Waals surface area (Å²) in [5.41, 5.74) is 24.0. The van der Waals surface area contributed by atoms with E-state index in [4.69, 9.17) is 57.5 Å². The number of fused-ring (bicyclic) bond motifs is 11. The maximum absolute atomic E-state index is 7.27. The van der Waals surface area contributed by atoms with E-state index in [1.807, 2.05) is 158 Å². The van der Waals surface area contributed by atoms with Crippen molar-refractivity contribution in [1.29, 1.82) is 0 Å². The van der Waals surface area contributed by atoms with Gasteiger partial charge < -0.3 is 17.7 Å². The Kier molecular flexibility index (Phi) is 14.5. The lowest BCUT2D eigenvalue weighted by atomic mass is 9.67. The van der Waals surface area contributed by atoms with Gasteiger partial charge in [0.25, 0.3) is 0 Å². The van der Waals surface area contributed by atoms with E-state index >= 15 is 0 Å². The van der Waals surface area contributed by atoms with Crippen molar-refractivity contribution < 1.29 is 17.7 Å². The van der Waals surface area contributed by atoms with Gasteiger partial charge in [0, 0.05) is 71.6 Å². The van der Waals surface area contributed by atoms with Crippen molar-refractivity contribution in [3.05, 3.63) is 374 Å². The van der Waals surface area contributed by atoms with Gasteiger partial charge in [-0.05, 0) is 158 Å². The van der Waals surface area contributed by atoms with Crippen LogP contribution in [-0.2, 0) is 5.41 Å². The van der Waals surface area contributed by atoms with Crippen molar-refractivity contribution >= 4 is 66.1 Å². The quantitative estimate of drug-likeness (QED) is 0.108. The first-order valence-corrected chi connectivity index (χ1v) is 36.9. The second-order valence-electron chi connectivity index (χ2n) is 28.0. The van der Waals surface area contributed by atoms with Crippen LogP contribution in [0, 0.1) is 0 Å². The second kappa shape index (κ2) is 25.5. The Hall–Kier alpha value is -15.1. The number of para-hydroxylation sites is 4. The summed E-state index contributed by atoms with van der Waals surface area (Å²) in [4.78, 5) is 42.5. The Balaban J connectivity index is 0.715. The molecule has 22 rings (SSSR count). The van der Waals surface area contributed by atoms with E-state index < -0.39 is 5.41 Å². The normalized spacial score (nSPS) is 13.3. The van der Waals surface area contributed by atoms with E-state index in [0.717, 1.165) is 149 Å². The molecule has 0 saturated heterocycles. The van der Waals surface area contributed by atoms with E-state index in [1.54, 1.807) is 0 Å². The number of nitrogens with zero attached hydrogens (tertiary/aromatic N) is 8. The molecule has 15 aromatic carbocycles. The van der Waals surface area contributed by atoms with Crippen LogP contribution >= 0.6 is 0 Å². The zero-order chi connectivity index (χ0) is 73.1. The summed E-state index contributed by atoms with van der Waals surface area (Å²) >= 11 is 0. The summed E-state index contributed by atoms with van der Waals surface area (Å²) in [5.74, 6) is 4.12. The molecule has 0 radical (unpaired) electrons. The van der Waals surface area contributed by atoms with E-state index in [-0.39, 0.29) is 0 Å². The molecule has 1 unspecified atom stereocenters. The zero-order valence-electron chi connectivity index (χ0n) is 59.2. The van der Waals surface area contributed by atoms with E-state index in [1.165, 1.54) is 0 Å². The Morgan fingerprint density at radius 3 is 1.23 bits per heavy atom. The number of hydrogen-bond acceptors (Lipinski definition) is 12. The molecular weight excluding hydrogens is 1370 g/mol. The SMILES string of the molecule is c1ccc(-c2cc(-c3ccccc3)cc(-c3nc(-c4ccccc4)nc(-c4ccc(-c5ccc(C6(c7ccccc7)c7ccccc7-c7c(-c8nc(-c9ccccc9)nc(-c9cccc%10oc%11ccc(-c%12nc%13ccccc%13o%12)cc%11c9%10)n8)cccc76)cc5)c5oc6ccc(-c7nc8ccccc8o7)cc6c45)n3)c2)cc1. The number of aromatic nitrogens is 8. The molecule has 1 aliphatic carbocycles. The predicted molar refractivity (Wildman–Crippen MR) is 440 cm³/mol. The van der Waals surface area contributed by atoms with Gasteiger partial charge in [0.2, 0.25) is 11.8 Å². The highest BCUT2D eigenvalue weighted by atomic mass is 16.4. The van der Waals surface area contributed by atoms with Gasteiger partial charge in [0.1, 0.15) is 33.4 Å². The molecule has 0 saturated carbocycles. The summed E-state index contributed by atoms with van der Waals surface area (Å²) in [7, 11) is 0. The smallest absolute Gasteiger partial charge is 0.227 e. The third-order valence-electron chi connectivity index (χ3n) is 21.6. The minimum Gasteiger partial charge on any atom is -0.456 e. The van der Waals surface area contributed by atoms with Gasteiger partial charge in [-0.15, -0.1) is 0 Å². The average Bonchev–Trinajstić information content (AvgIpc) is 1.57. The molecule has 518 valence electrons. The molecule has 0 bridgehead atoms. The highest BCUT2D eigenvalue weighted by molar-refractivity contribution is 6.17. The predicted octanol–water partition coefficient (Wildman–Crippen LogP) is 24.8. The van der Waals surface area contributed by atoms with Crippen LogP contribution in [0.2, 0.25) is 0 Å². The lowest BCUT2D eigenvalue weighted by Crippen LogP contribution is -2.28. The van der Waals surface area contributed by atoms with Crippen molar-refractivity contribution in [2.24, 2.45) is 0 Å². The van der Waals surface area contributed by atoms with Crippen molar-refractivity contribution in [3.8, 4) is 136 Å². The van der Waals surface area contributed by atoms with Crippen LogP contribution in [0.1, 0.15) is 22.3 Å². The number of rotatable bonds is 13. The van der Waals surface area contributed by atoms with Crippen LogP contribution in [0.4, 0.5) is 0 Å². The molecule has 0 fully saturated rings. The number of furan rings is 2. The van der Waals surface area contributed by atoms with E-state index in [9.17, 15) is 0 Å².